The van der Waals surface area contributed by atoms with Crippen LogP contribution in [0.25, 0.3) is 0 Å². The standard InChI is InChI=1S/C5H8N4OS/c1-2-6-4(10)3-5(11)8-9-7-3/h2H2,1H3,(H,6,10)(H2,7,8,9,11). The summed E-state index contributed by atoms with van der Waals surface area (Å²) in [5.74, 6) is -0.258. The highest BCUT2D eigenvalue weighted by molar-refractivity contribution is 7.80. The van der Waals surface area contributed by atoms with Crippen LogP contribution in [0.4, 0.5) is 0 Å². The number of H-pyrrole nitrogens is 1. The summed E-state index contributed by atoms with van der Waals surface area (Å²) < 4.78 is 0. The van der Waals surface area contributed by atoms with E-state index in [1.165, 1.54) is 0 Å². The highest BCUT2D eigenvalue weighted by atomic mass is 32.1. The first-order valence-corrected chi connectivity index (χ1v) is 3.58. The van der Waals surface area contributed by atoms with Crippen molar-refractivity contribution < 1.29 is 4.79 Å². The molecule has 11 heavy (non-hydrogen) atoms. The van der Waals surface area contributed by atoms with Crippen molar-refractivity contribution in [2.45, 2.75) is 11.9 Å². The van der Waals surface area contributed by atoms with Gasteiger partial charge >= 0.3 is 0 Å². The first-order valence-electron chi connectivity index (χ1n) is 3.14. The molecule has 0 saturated carbocycles. The number of hydrogen-bond donors (Lipinski definition) is 3. The normalized spacial score (nSPS) is 9.64. The van der Waals surface area contributed by atoms with Crippen molar-refractivity contribution in [1.29, 1.82) is 0 Å². The predicted molar refractivity (Wildman–Crippen MR) is 41.6 cm³/mol. The Morgan fingerprint density at radius 3 is 3.00 bits per heavy atom. The Morgan fingerprint density at radius 1 is 1.82 bits per heavy atom. The zero-order chi connectivity index (χ0) is 8.27. The Hall–Kier alpha value is -1.04. The zero-order valence-electron chi connectivity index (χ0n) is 5.96. The summed E-state index contributed by atoms with van der Waals surface area (Å²) in [6, 6.07) is 0. The van der Waals surface area contributed by atoms with E-state index in [9.17, 15) is 4.79 Å². The number of nitrogens with one attached hydrogen (secondary N) is 2. The summed E-state index contributed by atoms with van der Waals surface area (Å²) in [4.78, 5) is 11.0. The molecular formula is C5H8N4OS. The number of thiol groups is 1. The van der Waals surface area contributed by atoms with Gasteiger partial charge in [-0.3, -0.25) is 9.89 Å². The Balaban J connectivity index is 2.76. The van der Waals surface area contributed by atoms with Crippen LogP contribution in [-0.4, -0.2) is 27.9 Å². The number of aromatic amines is 1. The first-order chi connectivity index (χ1) is 5.25. The van der Waals surface area contributed by atoms with E-state index in [4.69, 9.17) is 0 Å². The quantitative estimate of drug-likeness (QED) is 0.543. The van der Waals surface area contributed by atoms with Gasteiger partial charge in [-0.1, -0.05) is 5.21 Å². The maximum atomic E-state index is 11.0. The molecule has 1 aromatic heterocycles. The topological polar surface area (TPSA) is 70.7 Å². The Labute approximate surface area is 69.0 Å². The average Bonchev–Trinajstić information content (AvgIpc) is 2.36. The molecule has 60 valence electrons. The molecule has 0 spiro atoms. The first kappa shape index (κ1) is 8.06. The molecule has 1 heterocycles. The van der Waals surface area contributed by atoms with Crippen LogP contribution in [0.2, 0.25) is 0 Å². The molecule has 1 aromatic rings. The van der Waals surface area contributed by atoms with Crippen molar-refractivity contribution in [1.82, 2.24) is 20.7 Å². The lowest BCUT2D eigenvalue weighted by atomic mass is 10.4. The van der Waals surface area contributed by atoms with Crippen molar-refractivity contribution in [3.8, 4) is 0 Å². The maximum absolute atomic E-state index is 11.0. The number of aromatic nitrogens is 3. The number of carbonyl (C=O) groups excluding carboxylic acids is 1. The minimum atomic E-state index is -0.258. The van der Waals surface area contributed by atoms with Gasteiger partial charge in [-0.05, 0) is 6.92 Å². The second-order valence-corrected chi connectivity index (χ2v) is 2.32. The highest BCUT2D eigenvalue weighted by Crippen LogP contribution is 2.04. The number of amides is 1. The summed E-state index contributed by atoms with van der Waals surface area (Å²) in [5.41, 5.74) is 0.232. The smallest absolute Gasteiger partial charge is 0.274 e. The van der Waals surface area contributed by atoms with Crippen molar-refractivity contribution in [3.05, 3.63) is 5.69 Å². The summed E-state index contributed by atoms with van der Waals surface area (Å²) >= 11 is 3.94. The fraction of sp³-hybridized carbons (Fsp3) is 0.400. The molecule has 0 fully saturated rings. The second kappa shape index (κ2) is 3.38. The van der Waals surface area contributed by atoms with Gasteiger partial charge in [-0.2, -0.15) is 0 Å². The molecule has 0 aromatic carbocycles. The van der Waals surface area contributed by atoms with Gasteiger partial charge in [0, 0.05) is 6.54 Å². The number of rotatable bonds is 2. The van der Waals surface area contributed by atoms with E-state index < -0.39 is 0 Å². The molecule has 1 rings (SSSR count). The lowest BCUT2D eigenvalue weighted by Crippen LogP contribution is -2.23. The predicted octanol–water partition coefficient (Wildman–Crippen LogP) is -0.157. The zero-order valence-corrected chi connectivity index (χ0v) is 6.85. The van der Waals surface area contributed by atoms with Crippen molar-refractivity contribution in [2.75, 3.05) is 6.54 Å². The van der Waals surface area contributed by atoms with E-state index in [0.29, 0.717) is 11.6 Å². The fourth-order valence-electron chi connectivity index (χ4n) is 0.620. The molecule has 5 nitrogen and oxygen atoms in total. The molecule has 0 aliphatic carbocycles. The number of hydrogen-bond acceptors (Lipinski definition) is 4. The van der Waals surface area contributed by atoms with Crippen LogP contribution in [0.5, 0.6) is 0 Å². The third kappa shape index (κ3) is 1.70. The summed E-state index contributed by atoms with van der Waals surface area (Å²) in [5, 5.41) is 12.4. The SMILES string of the molecule is CCNC(=O)c1nn[nH]c1S. The van der Waals surface area contributed by atoms with Crippen molar-refractivity contribution in [2.24, 2.45) is 0 Å². The van der Waals surface area contributed by atoms with E-state index in [0.717, 1.165) is 0 Å². The molecule has 1 amide bonds. The molecule has 0 radical (unpaired) electrons. The van der Waals surface area contributed by atoms with Crippen LogP contribution in [0, 0.1) is 0 Å². The summed E-state index contributed by atoms with van der Waals surface area (Å²) in [6.07, 6.45) is 0. The van der Waals surface area contributed by atoms with Crippen LogP contribution >= 0.6 is 12.6 Å². The van der Waals surface area contributed by atoms with Crippen LogP contribution in [0.3, 0.4) is 0 Å². The fourth-order valence-corrected chi connectivity index (χ4v) is 0.811. The van der Waals surface area contributed by atoms with Crippen LogP contribution in [0.15, 0.2) is 5.03 Å². The van der Waals surface area contributed by atoms with E-state index in [2.05, 4.69) is 33.4 Å². The van der Waals surface area contributed by atoms with E-state index in [-0.39, 0.29) is 11.6 Å². The van der Waals surface area contributed by atoms with E-state index in [1.54, 1.807) is 0 Å². The third-order valence-electron chi connectivity index (χ3n) is 1.08. The molecule has 0 aliphatic heterocycles. The van der Waals surface area contributed by atoms with E-state index >= 15 is 0 Å². The van der Waals surface area contributed by atoms with E-state index in [1.807, 2.05) is 6.92 Å². The average molecular weight is 172 g/mol. The third-order valence-corrected chi connectivity index (χ3v) is 1.39. The van der Waals surface area contributed by atoms with Gasteiger partial charge in [0.25, 0.3) is 5.91 Å². The number of nitrogens with zero attached hydrogens (tertiary/aromatic N) is 2. The monoisotopic (exact) mass is 172 g/mol. The lowest BCUT2D eigenvalue weighted by molar-refractivity contribution is 0.0948. The maximum Gasteiger partial charge on any atom is 0.274 e. The van der Waals surface area contributed by atoms with Gasteiger partial charge in [0.2, 0.25) is 0 Å². The minimum absolute atomic E-state index is 0.232. The van der Waals surface area contributed by atoms with Gasteiger partial charge in [0.05, 0.1) is 0 Å². The minimum Gasteiger partial charge on any atom is -0.351 e. The largest absolute Gasteiger partial charge is 0.351 e. The molecule has 0 unspecified atom stereocenters. The second-order valence-electron chi connectivity index (χ2n) is 1.87. The lowest BCUT2D eigenvalue weighted by Gasteiger charge is -1.96. The van der Waals surface area contributed by atoms with Gasteiger partial charge in [0.15, 0.2) is 5.69 Å². The van der Waals surface area contributed by atoms with Gasteiger partial charge < -0.3 is 5.32 Å². The highest BCUT2D eigenvalue weighted by Gasteiger charge is 2.11. The molecular weight excluding hydrogens is 164 g/mol. The molecule has 0 bridgehead atoms. The summed E-state index contributed by atoms with van der Waals surface area (Å²) in [7, 11) is 0. The van der Waals surface area contributed by atoms with Crippen LogP contribution in [0.1, 0.15) is 17.4 Å². The van der Waals surface area contributed by atoms with Crippen LogP contribution in [-0.2, 0) is 0 Å². The Bertz CT molecular complexity index is 259. The molecule has 6 heteroatoms. The molecule has 0 saturated heterocycles. The molecule has 0 aliphatic rings. The van der Waals surface area contributed by atoms with Gasteiger partial charge in [-0.25, -0.2) is 0 Å². The van der Waals surface area contributed by atoms with Crippen molar-refractivity contribution >= 4 is 18.5 Å². The summed E-state index contributed by atoms with van der Waals surface area (Å²) in [6.45, 7) is 2.40. The molecule has 2 N–H and O–H groups in total. The van der Waals surface area contributed by atoms with Crippen molar-refractivity contribution in [3.63, 3.8) is 0 Å². The Kier molecular flexibility index (Phi) is 2.48. The number of carbonyl (C=O) groups is 1. The molecule has 0 atom stereocenters. The Morgan fingerprint density at radius 2 is 2.55 bits per heavy atom. The van der Waals surface area contributed by atoms with Crippen LogP contribution < -0.4 is 5.32 Å². The van der Waals surface area contributed by atoms with Gasteiger partial charge in [0.1, 0.15) is 5.03 Å². The van der Waals surface area contributed by atoms with Gasteiger partial charge in [-0.15, -0.1) is 17.7 Å².